The van der Waals surface area contributed by atoms with Gasteiger partial charge in [0, 0.05) is 0 Å². The van der Waals surface area contributed by atoms with Gasteiger partial charge in [-0.1, -0.05) is 40.0 Å². The SMILES string of the molecule is [AlH3].[CH2]CCC(C)CC. The average molecular weight is 129 g/mol. The lowest BCUT2D eigenvalue weighted by Crippen LogP contribution is -1.88. The average Bonchev–Trinajstić information content (AvgIpc) is 1.68. The molecule has 49 valence electrons. The van der Waals surface area contributed by atoms with Crippen LogP contribution < -0.4 is 0 Å². The molecule has 0 fully saturated rings. The van der Waals surface area contributed by atoms with Crippen molar-refractivity contribution in [2.24, 2.45) is 5.92 Å². The molecule has 1 unspecified atom stereocenters. The van der Waals surface area contributed by atoms with E-state index in [0.29, 0.717) is 0 Å². The molecule has 0 aliphatic rings. The van der Waals surface area contributed by atoms with Gasteiger partial charge in [-0.05, 0) is 5.92 Å². The van der Waals surface area contributed by atoms with Gasteiger partial charge in [-0.3, -0.25) is 0 Å². The molecule has 0 bridgehead atoms. The van der Waals surface area contributed by atoms with Crippen LogP contribution in [-0.4, -0.2) is 17.4 Å². The molecule has 0 aromatic carbocycles. The van der Waals surface area contributed by atoms with Crippen LogP contribution in [0.25, 0.3) is 0 Å². The van der Waals surface area contributed by atoms with Gasteiger partial charge in [0.25, 0.3) is 0 Å². The Labute approximate surface area is 63.8 Å². The molecule has 1 heteroatoms. The molecule has 0 saturated carbocycles. The number of rotatable bonds is 3. The third kappa shape index (κ3) is 6.53. The first-order chi connectivity index (χ1) is 3.31. The first-order valence-corrected chi connectivity index (χ1v) is 3.10. The standard InChI is InChI=1S/C7H15.Al.3H/c1-4-6-7(3)5-2;;;;/h7H,1,4-6H2,2-3H3;;;;. The summed E-state index contributed by atoms with van der Waals surface area (Å²) in [4.78, 5) is 0. The second-order valence-electron chi connectivity index (χ2n) is 2.16. The van der Waals surface area contributed by atoms with Crippen LogP contribution in [0.2, 0.25) is 0 Å². The smallest absolute Gasteiger partial charge is 0.0651 e. The summed E-state index contributed by atoms with van der Waals surface area (Å²) in [5.41, 5.74) is 0. The van der Waals surface area contributed by atoms with Crippen molar-refractivity contribution >= 4 is 17.4 Å². The Morgan fingerprint density at radius 2 is 2.00 bits per heavy atom. The minimum absolute atomic E-state index is 0. The van der Waals surface area contributed by atoms with E-state index in [2.05, 4.69) is 20.8 Å². The maximum atomic E-state index is 3.77. The fraction of sp³-hybridized carbons (Fsp3) is 0.857. The minimum Gasteiger partial charge on any atom is -0.0651 e. The van der Waals surface area contributed by atoms with Gasteiger partial charge < -0.3 is 0 Å². The van der Waals surface area contributed by atoms with E-state index < -0.39 is 0 Å². The van der Waals surface area contributed by atoms with E-state index in [0.717, 1.165) is 12.3 Å². The van der Waals surface area contributed by atoms with Crippen molar-refractivity contribution in [1.29, 1.82) is 0 Å². The van der Waals surface area contributed by atoms with Crippen molar-refractivity contribution in [2.45, 2.75) is 33.1 Å². The summed E-state index contributed by atoms with van der Waals surface area (Å²) >= 11 is 0. The van der Waals surface area contributed by atoms with Crippen molar-refractivity contribution in [3.63, 3.8) is 0 Å². The molecule has 1 radical (unpaired) electrons. The number of hydrogen-bond acceptors (Lipinski definition) is 0. The van der Waals surface area contributed by atoms with Crippen molar-refractivity contribution in [2.75, 3.05) is 0 Å². The molecule has 0 spiro atoms. The molecule has 0 saturated heterocycles. The third-order valence-electron chi connectivity index (χ3n) is 1.39. The molecule has 0 amide bonds. The second-order valence-corrected chi connectivity index (χ2v) is 2.16. The lowest BCUT2D eigenvalue weighted by Gasteiger charge is -2.02. The van der Waals surface area contributed by atoms with E-state index >= 15 is 0 Å². The Bertz CT molecular complexity index is 35.4. The first-order valence-electron chi connectivity index (χ1n) is 3.10. The highest BCUT2D eigenvalue weighted by Crippen LogP contribution is 2.07. The Balaban J connectivity index is 0. The van der Waals surface area contributed by atoms with E-state index in [-0.39, 0.29) is 17.4 Å². The molecule has 8 heavy (non-hydrogen) atoms. The van der Waals surface area contributed by atoms with Crippen molar-refractivity contribution in [1.82, 2.24) is 0 Å². The zero-order valence-electron chi connectivity index (χ0n) is 5.41. The zero-order valence-corrected chi connectivity index (χ0v) is 5.41. The maximum absolute atomic E-state index is 3.77. The van der Waals surface area contributed by atoms with Crippen LogP contribution in [0, 0.1) is 12.8 Å². The molecule has 0 heterocycles. The highest BCUT2D eigenvalue weighted by molar-refractivity contribution is 5.75. The monoisotopic (exact) mass is 129 g/mol. The van der Waals surface area contributed by atoms with Crippen LogP contribution in [0.5, 0.6) is 0 Å². The van der Waals surface area contributed by atoms with Crippen LogP contribution in [0.15, 0.2) is 0 Å². The van der Waals surface area contributed by atoms with E-state index in [1.165, 1.54) is 12.8 Å². The highest BCUT2D eigenvalue weighted by atomic mass is 27.0. The molecule has 1 atom stereocenters. The molecule has 0 aromatic heterocycles. The van der Waals surface area contributed by atoms with Gasteiger partial charge in [-0.2, -0.15) is 0 Å². The Kier molecular flexibility index (Phi) is 10.7. The van der Waals surface area contributed by atoms with Crippen LogP contribution in [0.3, 0.4) is 0 Å². The van der Waals surface area contributed by atoms with Gasteiger partial charge in [0.1, 0.15) is 0 Å². The summed E-state index contributed by atoms with van der Waals surface area (Å²) in [5.74, 6) is 0.887. The summed E-state index contributed by atoms with van der Waals surface area (Å²) in [6.45, 7) is 8.27. The van der Waals surface area contributed by atoms with E-state index in [1.54, 1.807) is 0 Å². The third-order valence-corrected chi connectivity index (χ3v) is 1.39. The Hall–Kier alpha value is 0.532. The lowest BCUT2D eigenvalue weighted by molar-refractivity contribution is 0.521. The molecular weight excluding hydrogens is 111 g/mol. The Morgan fingerprint density at radius 3 is 2.12 bits per heavy atom. The molecule has 0 nitrogen and oxygen atoms in total. The van der Waals surface area contributed by atoms with Crippen LogP contribution in [-0.2, 0) is 0 Å². The second kappa shape index (κ2) is 7.53. The van der Waals surface area contributed by atoms with Gasteiger partial charge >= 0.3 is 0 Å². The van der Waals surface area contributed by atoms with Gasteiger partial charge in [-0.15, -0.1) is 0 Å². The highest BCUT2D eigenvalue weighted by Gasteiger charge is 1.92. The van der Waals surface area contributed by atoms with Crippen LogP contribution in [0.1, 0.15) is 33.1 Å². The Morgan fingerprint density at radius 1 is 1.50 bits per heavy atom. The lowest BCUT2D eigenvalue weighted by atomic mass is 10.0. The molecule has 0 rings (SSSR count). The fourth-order valence-electron chi connectivity index (χ4n) is 0.553. The minimum atomic E-state index is 0. The summed E-state index contributed by atoms with van der Waals surface area (Å²) in [5, 5.41) is 0. The van der Waals surface area contributed by atoms with E-state index in [4.69, 9.17) is 0 Å². The topological polar surface area (TPSA) is 0 Å². The molecule has 0 aliphatic carbocycles. The molecular formula is C7H18Al. The van der Waals surface area contributed by atoms with Crippen LogP contribution >= 0.6 is 0 Å². The normalized spacial score (nSPS) is 12.4. The van der Waals surface area contributed by atoms with Gasteiger partial charge in [0.15, 0.2) is 17.4 Å². The summed E-state index contributed by atoms with van der Waals surface area (Å²) in [6, 6.07) is 0. The summed E-state index contributed by atoms with van der Waals surface area (Å²) in [7, 11) is 0. The molecule has 0 aliphatic heterocycles. The summed E-state index contributed by atoms with van der Waals surface area (Å²) < 4.78 is 0. The zero-order chi connectivity index (χ0) is 5.70. The number of hydrogen-bond donors (Lipinski definition) is 0. The molecule has 0 N–H and O–H groups in total. The van der Waals surface area contributed by atoms with Crippen molar-refractivity contribution < 1.29 is 0 Å². The predicted molar refractivity (Wildman–Crippen MR) is 44.0 cm³/mol. The van der Waals surface area contributed by atoms with E-state index in [9.17, 15) is 0 Å². The fourth-order valence-corrected chi connectivity index (χ4v) is 0.553. The van der Waals surface area contributed by atoms with Crippen molar-refractivity contribution in [3.05, 3.63) is 6.92 Å². The first kappa shape index (κ1) is 11.3. The van der Waals surface area contributed by atoms with Gasteiger partial charge in [0.2, 0.25) is 0 Å². The van der Waals surface area contributed by atoms with Gasteiger partial charge in [-0.25, -0.2) is 0 Å². The largest absolute Gasteiger partial charge is 0.187 e. The quantitative estimate of drug-likeness (QED) is 0.506. The van der Waals surface area contributed by atoms with Gasteiger partial charge in [0.05, 0.1) is 0 Å². The van der Waals surface area contributed by atoms with Crippen molar-refractivity contribution in [3.8, 4) is 0 Å². The van der Waals surface area contributed by atoms with E-state index in [1.807, 2.05) is 0 Å². The maximum Gasteiger partial charge on any atom is 0.187 e. The summed E-state index contributed by atoms with van der Waals surface area (Å²) in [6.07, 6.45) is 3.68. The van der Waals surface area contributed by atoms with Crippen LogP contribution in [0.4, 0.5) is 0 Å². The predicted octanol–water partition coefficient (Wildman–Crippen LogP) is 1.46. The molecule has 0 aromatic rings.